The molecule has 0 unspecified atom stereocenters. The van der Waals surface area contributed by atoms with Crippen LogP contribution in [0.5, 0.6) is 5.75 Å². The van der Waals surface area contributed by atoms with E-state index in [1.807, 2.05) is 0 Å². The normalized spacial score (nSPS) is 10.9. The molecular formula is C17H13F4NO4. The molecule has 0 aliphatic rings. The lowest BCUT2D eigenvalue weighted by Crippen LogP contribution is -2.29. The van der Waals surface area contributed by atoms with Gasteiger partial charge in [0.1, 0.15) is 11.6 Å². The molecule has 1 amide bonds. The summed E-state index contributed by atoms with van der Waals surface area (Å²) in [5, 5.41) is 2.29. The number of carbonyl (C=O) groups is 2. The molecule has 0 aliphatic heterocycles. The van der Waals surface area contributed by atoms with Gasteiger partial charge in [-0.3, -0.25) is 4.79 Å². The van der Waals surface area contributed by atoms with Crippen LogP contribution in [0, 0.1) is 5.82 Å². The fraction of sp³-hybridized carbons (Fsp3) is 0.176. The van der Waals surface area contributed by atoms with Gasteiger partial charge >= 0.3 is 12.3 Å². The first-order valence-electron chi connectivity index (χ1n) is 7.28. The van der Waals surface area contributed by atoms with Crippen molar-refractivity contribution in [2.45, 2.75) is 12.9 Å². The minimum Gasteiger partial charge on any atom is -0.452 e. The Labute approximate surface area is 145 Å². The molecule has 138 valence electrons. The lowest BCUT2D eigenvalue weighted by molar-refractivity contribution is -0.274. The van der Waals surface area contributed by atoms with Crippen molar-refractivity contribution in [2.24, 2.45) is 0 Å². The molecule has 0 radical (unpaired) electrons. The predicted octanol–water partition coefficient (Wildman–Crippen LogP) is 3.20. The van der Waals surface area contributed by atoms with Crippen LogP contribution in [0.3, 0.4) is 0 Å². The molecule has 1 N–H and O–H groups in total. The van der Waals surface area contributed by atoms with E-state index in [2.05, 4.69) is 14.8 Å². The van der Waals surface area contributed by atoms with E-state index >= 15 is 0 Å². The van der Waals surface area contributed by atoms with Gasteiger partial charge in [0, 0.05) is 12.1 Å². The Morgan fingerprint density at radius 1 is 1.00 bits per heavy atom. The van der Waals surface area contributed by atoms with Gasteiger partial charge in [0.15, 0.2) is 6.61 Å². The topological polar surface area (TPSA) is 64.6 Å². The number of rotatable bonds is 6. The van der Waals surface area contributed by atoms with E-state index < -0.39 is 36.4 Å². The molecule has 2 aromatic carbocycles. The summed E-state index contributed by atoms with van der Waals surface area (Å²) in [5.41, 5.74) is -0.247. The third kappa shape index (κ3) is 5.76. The van der Waals surface area contributed by atoms with Crippen molar-refractivity contribution in [2.75, 3.05) is 6.61 Å². The minimum absolute atomic E-state index is 0.0820. The minimum atomic E-state index is -4.87. The zero-order chi connectivity index (χ0) is 19.2. The van der Waals surface area contributed by atoms with Gasteiger partial charge in [0.05, 0.1) is 5.56 Å². The molecule has 0 saturated carbocycles. The number of halogens is 4. The van der Waals surface area contributed by atoms with Crippen molar-refractivity contribution < 1.29 is 36.6 Å². The maximum Gasteiger partial charge on any atom is 0.573 e. The van der Waals surface area contributed by atoms with E-state index in [0.29, 0.717) is 0 Å². The molecule has 2 aromatic rings. The molecule has 9 heteroatoms. The quantitative estimate of drug-likeness (QED) is 0.626. The summed E-state index contributed by atoms with van der Waals surface area (Å²) in [7, 11) is 0. The van der Waals surface area contributed by atoms with E-state index in [-0.39, 0.29) is 17.7 Å². The third-order valence-corrected chi connectivity index (χ3v) is 3.10. The van der Waals surface area contributed by atoms with Gasteiger partial charge in [0.2, 0.25) is 0 Å². The number of ether oxygens (including phenoxy) is 2. The highest BCUT2D eigenvalue weighted by atomic mass is 19.4. The van der Waals surface area contributed by atoms with E-state index in [1.165, 1.54) is 36.4 Å². The van der Waals surface area contributed by atoms with Crippen molar-refractivity contribution in [1.82, 2.24) is 5.32 Å². The molecular weight excluding hydrogens is 358 g/mol. The SMILES string of the molecule is O=C(COC(=O)c1ccccc1F)NCc1ccccc1OC(F)(F)F. The summed E-state index contributed by atoms with van der Waals surface area (Å²) in [4.78, 5) is 23.4. The van der Waals surface area contributed by atoms with Gasteiger partial charge in [-0.25, -0.2) is 9.18 Å². The average Bonchev–Trinajstić information content (AvgIpc) is 2.58. The smallest absolute Gasteiger partial charge is 0.452 e. The maximum atomic E-state index is 13.4. The van der Waals surface area contributed by atoms with Crippen LogP contribution < -0.4 is 10.1 Å². The Bertz CT molecular complexity index is 792. The fourth-order valence-electron chi connectivity index (χ4n) is 1.95. The van der Waals surface area contributed by atoms with Crippen molar-refractivity contribution in [3.05, 3.63) is 65.5 Å². The molecule has 0 aliphatic carbocycles. The molecule has 2 rings (SSSR count). The lowest BCUT2D eigenvalue weighted by Gasteiger charge is -2.13. The summed E-state index contributed by atoms with van der Waals surface area (Å²) in [6, 6.07) is 10.3. The zero-order valence-electron chi connectivity index (χ0n) is 13.2. The molecule has 5 nitrogen and oxygen atoms in total. The van der Waals surface area contributed by atoms with Gasteiger partial charge in [-0.1, -0.05) is 30.3 Å². The summed E-state index contributed by atoms with van der Waals surface area (Å²) in [6.45, 7) is -0.988. The second-order valence-corrected chi connectivity index (χ2v) is 4.99. The van der Waals surface area contributed by atoms with Crippen LogP contribution in [-0.4, -0.2) is 24.8 Å². The number of alkyl halides is 3. The van der Waals surface area contributed by atoms with Crippen LogP contribution in [0.4, 0.5) is 17.6 Å². The lowest BCUT2D eigenvalue weighted by atomic mass is 10.2. The summed E-state index contributed by atoms with van der Waals surface area (Å²) in [5.74, 6) is -3.05. The van der Waals surface area contributed by atoms with Gasteiger partial charge in [-0.05, 0) is 18.2 Å². The molecule has 0 bridgehead atoms. The van der Waals surface area contributed by atoms with Crippen LogP contribution in [0.15, 0.2) is 48.5 Å². The zero-order valence-corrected chi connectivity index (χ0v) is 13.2. The van der Waals surface area contributed by atoms with Crippen LogP contribution in [0.1, 0.15) is 15.9 Å². The van der Waals surface area contributed by atoms with E-state index in [1.54, 1.807) is 0 Å². The fourth-order valence-corrected chi connectivity index (χ4v) is 1.95. The summed E-state index contributed by atoms with van der Waals surface area (Å²) >= 11 is 0. The number of hydrogen-bond donors (Lipinski definition) is 1. The molecule has 26 heavy (non-hydrogen) atoms. The highest BCUT2D eigenvalue weighted by Gasteiger charge is 2.32. The van der Waals surface area contributed by atoms with Gasteiger partial charge in [-0.2, -0.15) is 0 Å². The number of amides is 1. The molecule has 0 aromatic heterocycles. The largest absolute Gasteiger partial charge is 0.573 e. The summed E-state index contributed by atoms with van der Waals surface area (Å²) in [6.07, 6.45) is -4.87. The number of esters is 1. The van der Waals surface area contributed by atoms with Gasteiger partial charge < -0.3 is 14.8 Å². The molecule has 0 saturated heterocycles. The van der Waals surface area contributed by atoms with Crippen molar-refractivity contribution in [3.8, 4) is 5.75 Å². The van der Waals surface area contributed by atoms with E-state index in [9.17, 15) is 27.2 Å². The highest BCUT2D eigenvalue weighted by Crippen LogP contribution is 2.26. The highest BCUT2D eigenvalue weighted by molar-refractivity contribution is 5.91. The first-order chi connectivity index (χ1) is 12.3. The Kier molecular flexibility index (Phi) is 6.16. The first-order valence-corrected chi connectivity index (χ1v) is 7.28. The second-order valence-electron chi connectivity index (χ2n) is 4.99. The standard InChI is InChI=1S/C17H13F4NO4/c18-13-7-3-2-6-12(13)16(24)25-10-15(23)22-9-11-5-1-4-8-14(11)26-17(19,20)21/h1-8H,9-10H2,(H,22,23). The predicted molar refractivity (Wildman–Crippen MR) is 81.7 cm³/mol. The van der Waals surface area contributed by atoms with Gasteiger partial charge in [0.25, 0.3) is 5.91 Å². The molecule has 0 atom stereocenters. The Morgan fingerprint density at radius 2 is 1.65 bits per heavy atom. The average molecular weight is 371 g/mol. The number of nitrogens with one attached hydrogen (secondary N) is 1. The van der Waals surface area contributed by atoms with Crippen molar-refractivity contribution in [1.29, 1.82) is 0 Å². The maximum absolute atomic E-state index is 13.4. The number of para-hydroxylation sites is 1. The molecule has 0 heterocycles. The van der Waals surface area contributed by atoms with Crippen LogP contribution in [0.25, 0.3) is 0 Å². The van der Waals surface area contributed by atoms with Crippen LogP contribution in [0.2, 0.25) is 0 Å². The van der Waals surface area contributed by atoms with Crippen molar-refractivity contribution in [3.63, 3.8) is 0 Å². The molecule has 0 spiro atoms. The number of hydrogen-bond acceptors (Lipinski definition) is 4. The van der Waals surface area contributed by atoms with E-state index in [4.69, 9.17) is 0 Å². The number of carbonyl (C=O) groups excluding carboxylic acids is 2. The Morgan fingerprint density at radius 3 is 2.35 bits per heavy atom. The van der Waals surface area contributed by atoms with Crippen LogP contribution >= 0.6 is 0 Å². The Balaban J connectivity index is 1.88. The van der Waals surface area contributed by atoms with Gasteiger partial charge in [-0.15, -0.1) is 13.2 Å². The van der Waals surface area contributed by atoms with E-state index in [0.717, 1.165) is 12.1 Å². The molecule has 0 fully saturated rings. The number of benzene rings is 2. The second kappa shape index (κ2) is 8.32. The Hall–Kier alpha value is -3.10. The monoisotopic (exact) mass is 371 g/mol. The third-order valence-electron chi connectivity index (χ3n) is 3.10. The van der Waals surface area contributed by atoms with Crippen LogP contribution in [-0.2, 0) is 16.1 Å². The summed E-state index contributed by atoms with van der Waals surface area (Å²) < 4.78 is 58.9. The first kappa shape index (κ1) is 19.2. The van der Waals surface area contributed by atoms with Crippen molar-refractivity contribution >= 4 is 11.9 Å².